The smallest absolute Gasteiger partial charge is 0.153 e. The average molecular weight is 187 g/mol. The molecule has 0 atom stereocenters. The molecule has 3 heteroatoms. The molecule has 0 aromatic carbocycles. The second-order valence-corrected chi connectivity index (χ2v) is 3.23. The molecule has 0 radical (unpaired) electrons. The highest BCUT2D eigenvalue weighted by Crippen LogP contribution is 2.09. The number of aromatic nitrogens is 3. The third-order valence-electron chi connectivity index (χ3n) is 2.27. The van der Waals surface area contributed by atoms with Crippen LogP contribution in [-0.2, 0) is 6.42 Å². The van der Waals surface area contributed by atoms with Crippen LogP contribution in [0, 0.1) is 6.92 Å². The van der Waals surface area contributed by atoms with Gasteiger partial charge in [0.1, 0.15) is 0 Å². The molecule has 0 bridgehead atoms. The van der Waals surface area contributed by atoms with Crippen LogP contribution in [0.25, 0.3) is 5.82 Å². The molecule has 0 saturated heterocycles. The van der Waals surface area contributed by atoms with Crippen LogP contribution in [0.1, 0.15) is 18.2 Å². The molecule has 0 aliphatic carbocycles. The Balaban J connectivity index is 2.43. The second-order valence-electron chi connectivity index (χ2n) is 3.23. The minimum absolute atomic E-state index is 0.871. The first kappa shape index (κ1) is 8.94. The van der Waals surface area contributed by atoms with Gasteiger partial charge < -0.3 is 0 Å². The summed E-state index contributed by atoms with van der Waals surface area (Å²) in [6.45, 7) is 4.16. The first-order valence-electron chi connectivity index (χ1n) is 4.78. The molecule has 0 unspecified atom stereocenters. The van der Waals surface area contributed by atoms with Crippen LogP contribution in [0.5, 0.6) is 0 Å². The molecule has 0 amide bonds. The van der Waals surface area contributed by atoms with Crippen molar-refractivity contribution in [2.45, 2.75) is 20.3 Å². The minimum Gasteiger partial charge on any atom is -0.237 e. The first-order valence-corrected chi connectivity index (χ1v) is 4.78. The molecule has 2 heterocycles. The summed E-state index contributed by atoms with van der Waals surface area (Å²) in [4.78, 5) is 4.24. The number of nitrogens with zero attached hydrogens (tertiary/aromatic N) is 3. The summed E-state index contributed by atoms with van der Waals surface area (Å²) in [5, 5.41) is 4.41. The minimum atomic E-state index is 0.871. The molecule has 0 aliphatic heterocycles. The van der Waals surface area contributed by atoms with Crippen LogP contribution in [0.3, 0.4) is 0 Å². The summed E-state index contributed by atoms with van der Waals surface area (Å²) in [7, 11) is 0. The second kappa shape index (κ2) is 3.62. The number of pyridine rings is 1. The topological polar surface area (TPSA) is 30.7 Å². The SMILES string of the molecule is CCc1cn(-c2ccccn2)nc1C. The number of hydrogen-bond donors (Lipinski definition) is 0. The van der Waals surface area contributed by atoms with Gasteiger partial charge in [-0.1, -0.05) is 13.0 Å². The van der Waals surface area contributed by atoms with Crippen molar-refractivity contribution in [1.29, 1.82) is 0 Å². The first-order chi connectivity index (χ1) is 6.81. The summed E-state index contributed by atoms with van der Waals surface area (Å²) in [6, 6.07) is 5.82. The molecule has 2 aromatic rings. The van der Waals surface area contributed by atoms with Crippen molar-refractivity contribution in [3.8, 4) is 5.82 Å². The van der Waals surface area contributed by atoms with Crippen LogP contribution in [0.2, 0.25) is 0 Å². The van der Waals surface area contributed by atoms with E-state index >= 15 is 0 Å². The maximum atomic E-state index is 4.41. The molecular weight excluding hydrogens is 174 g/mol. The fraction of sp³-hybridized carbons (Fsp3) is 0.273. The van der Waals surface area contributed by atoms with E-state index in [9.17, 15) is 0 Å². The Morgan fingerprint density at radius 3 is 2.79 bits per heavy atom. The molecule has 0 spiro atoms. The zero-order chi connectivity index (χ0) is 9.97. The highest BCUT2D eigenvalue weighted by Gasteiger charge is 2.03. The summed E-state index contributed by atoms with van der Waals surface area (Å²) in [6.07, 6.45) is 4.83. The van der Waals surface area contributed by atoms with Crippen LogP contribution in [0.15, 0.2) is 30.6 Å². The van der Waals surface area contributed by atoms with Gasteiger partial charge in [0.05, 0.1) is 5.69 Å². The van der Waals surface area contributed by atoms with Gasteiger partial charge in [0.2, 0.25) is 0 Å². The fourth-order valence-electron chi connectivity index (χ4n) is 1.45. The average Bonchev–Trinajstić information content (AvgIpc) is 2.61. The highest BCUT2D eigenvalue weighted by atomic mass is 15.3. The van der Waals surface area contributed by atoms with E-state index in [4.69, 9.17) is 0 Å². The van der Waals surface area contributed by atoms with Gasteiger partial charge in [0, 0.05) is 12.4 Å². The Morgan fingerprint density at radius 1 is 1.36 bits per heavy atom. The monoisotopic (exact) mass is 187 g/mol. The molecule has 0 saturated carbocycles. The van der Waals surface area contributed by atoms with Crippen molar-refractivity contribution in [2.24, 2.45) is 0 Å². The van der Waals surface area contributed by atoms with Gasteiger partial charge in [-0.05, 0) is 31.0 Å². The Hall–Kier alpha value is -1.64. The lowest BCUT2D eigenvalue weighted by atomic mass is 10.2. The van der Waals surface area contributed by atoms with E-state index < -0.39 is 0 Å². The lowest BCUT2D eigenvalue weighted by Gasteiger charge is -1.97. The maximum absolute atomic E-state index is 4.41. The van der Waals surface area contributed by atoms with E-state index in [2.05, 4.69) is 17.0 Å². The quantitative estimate of drug-likeness (QED) is 0.721. The van der Waals surface area contributed by atoms with Gasteiger partial charge in [0.15, 0.2) is 5.82 Å². The Kier molecular flexibility index (Phi) is 2.31. The van der Waals surface area contributed by atoms with Crippen molar-refractivity contribution < 1.29 is 0 Å². The number of aryl methyl sites for hydroxylation is 2. The predicted octanol–water partition coefficient (Wildman–Crippen LogP) is 2.14. The summed E-state index contributed by atoms with van der Waals surface area (Å²) < 4.78 is 1.83. The van der Waals surface area contributed by atoms with Gasteiger partial charge in [0.25, 0.3) is 0 Å². The maximum Gasteiger partial charge on any atom is 0.153 e. The summed E-state index contributed by atoms with van der Waals surface area (Å²) >= 11 is 0. The molecule has 3 nitrogen and oxygen atoms in total. The highest BCUT2D eigenvalue weighted by molar-refractivity contribution is 5.25. The number of hydrogen-bond acceptors (Lipinski definition) is 2. The van der Waals surface area contributed by atoms with Gasteiger partial charge in [-0.15, -0.1) is 0 Å². The van der Waals surface area contributed by atoms with Crippen LogP contribution >= 0.6 is 0 Å². The van der Waals surface area contributed by atoms with Gasteiger partial charge in [-0.3, -0.25) is 0 Å². The van der Waals surface area contributed by atoms with Crippen LogP contribution in [-0.4, -0.2) is 14.8 Å². The standard InChI is InChI=1S/C11H13N3/c1-3-10-8-14(13-9(10)2)11-6-4-5-7-12-11/h4-8H,3H2,1-2H3. The fourth-order valence-corrected chi connectivity index (χ4v) is 1.45. The molecule has 0 aliphatic rings. The van der Waals surface area contributed by atoms with Crippen molar-refractivity contribution >= 4 is 0 Å². The zero-order valence-corrected chi connectivity index (χ0v) is 8.44. The Labute approximate surface area is 83.4 Å². The van der Waals surface area contributed by atoms with Gasteiger partial charge >= 0.3 is 0 Å². The normalized spacial score (nSPS) is 10.4. The van der Waals surface area contributed by atoms with Gasteiger partial charge in [-0.2, -0.15) is 5.10 Å². The third kappa shape index (κ3) is 1.53. The van der Waals surface area contributed by atoms with E-state index in [0.29, 0.717) is 0 Å². The van der Waals surface area contributed by atoms with Gasteiger partial charge in [-0.25, -0.2) is 9.67 Å². The van der Waals surface area contributed by atoms with E-state index in [1.807, 2.05) is 36.0 Å². The number of rotatable bonds is 2. The largest absolute Gasteiger partial charge is 0.237 e. The molecular formula is C11H13N3. The summed E-state index contributed by atoms with van der Waals surface area (Å²) in [5.74, 6) is 0.871. The van der Waals surface area contributed by atoms with E-state index in [1.165, 1.54) is 5.56 Å². The summed E-state index contributed by atoms with van der Waals surface area (Å²) in [5.41, 5.74) is 2.36. The van der Waals surface area contributed by atoms with Crippen molar-refractivity contribution in [2.75, 3.05) is 0 Å². The Morgan fingerprint density at radius 2 is 2.21 bits per heavy atom. The molecule has 0 N–H and O–H groups in total. The lowest BCUT2D eigenvalue weighted by Crippen LogP contribution is -1.96. The molecule has 2 rings (SSSR count). The van der Waals surface area contributed by atoms with Crippen LogP contribution in [0.4, 0.5) is 0 Å². The van der Waals surface area contributed by atoms with E-state index in [1.54, 1.807) is 6.20 Å². The van der Waals surface area contributed by atoms with Crippen LogP contribution < -0.4 is 0 Å². The third-order valence-corrected chi connectivity index (χ3v) is 2.27. The zero-order valence-electron chi connectivity index (χ0n) is 8.44. The Bertz CT molecular complexity index is 417. The molecule has 2 aromatic heterocycles. The van der Waals surface area contributed by atoms with Crippen molar-refractivity contribution in [1.82, 2.24) is 14.8 Å². The molecule has 72 valence electrons. The van der Waals surface area contributed by atoms with E-state index in [0.717, 1.165) is 17.9 Å². The van der Waals surface area contributed by atoms with Crippen molar-refractivity contribution in [3.63, 3.8) is 0 Å². The van der Waals surface area contributed by atoms with E-state index in [-0.39, 0.29) is 0 Å². The predicted molar refractivity (Wildman–Crippen MR) is 55.5 cm³/mol. The lowest BCUT2D eigenvalue weighted by molar-refractivity contribution is 0.832. The van der Waals surface area contributed by atoms with Crippen molar-refractivity contribution in [3.05, 3.63) is 41.9 Å². The molecule has 14 heavy (non-hydrogen) atoms. The molecule has 0 fully saturated rings.